The first-order chi connectivity index (χ1) is 18.6. The Labute approximate surface area is 234 Å². The molecule has 0 aromatic carbocycles. The summed E-state index contributed by atoms with van der Waals surface area (Å²) in [5, 5.41) is 20.9. The monoisotopic (exact) mass is 596 g/mol. The zero-order valence-corrected chi connectivity index (χ0v) is 23.3. The molecule has 208 valence electrons. The molecule has 3 amide bonds. The molecule has 2 aliphatic heterocycles. The Hall–Kier alpha value is -3.64. The molecule has 2 saturated heterocycles. The minimum absolute atomic E-state index is 0.0370. The molecule has 0 radical (unpaired) electrons. The van der Waals surface area contributed by atoms with Crippen molar-refractivity contribution in [3.63, 3.8) is 0 Å². The number of thioether (sulfide) groups is 2. The van der Waals surface area contributed by atoms with E-state index in [0.29, 0.717) is 17.3 Å². The highest BCUT2D eigenvalue weighted by atomic mass is 32.2. The van der Waals surface area contributed by atoms with E-state index < -0.39 is 34.6 Å². The van der Waals surface area contributed by atoms with Gasteiger partial charge >= 0.3 is 11.1 Å². The fraction of sp³-hybridized carbons (Fsp3) is 0.429. The number of carboxylic acids is 1. The van der Waals surface area contributed by atoms with Gasteiger partial charge in [0.2, 0.25) is 12.3 Å². The largest absolute Gasteiger partial charge is 0.481 e. The number of carboxylic acid groups (broad SMARTS) is 1. The van der Waals surface area contributed by atoms with Gasteiger partial charge in [-0.15, -0.1) is 23.1 Å². The first-order valence-corrected chi connectivity index (χ1v) is 14.4. The Balaban J connectivity index is 1.44. The fourth-order valence-corrected chi connectivity index (χ4v) is 7.27. The van der Waals surface area contributed by atoms with Crippen LogP contribution in [-0.2, 0) is 31.1 Å². The van der Waals surface area contributed by atoms with E-state index in [1.807, 2.05) is 0 Å². The van der Waals surface area contributed by atoms with Crippen molar-refractivity contribution in [3.8, 4) is 0 Å². The van der Waals surface area contributed by atoms with Crippen molar-refractivity contribution < 1.29 is 33.7 Å². The summed E-state index contributed by atoms with van der Waals surface area (Å²) >= 11 is 3.59. The van der Waals surface area contributed by atoms with Crippen LogP contribution < -0.4 is 26.7 Å². The second-order valence-electron chi connectivity index (χ2n) is 8.62. The molecular formula is C21H26N9O6S3+. The van der Waals surface area contributed by atoms with E-state index in [-0.39, 0.29) is 47.0 Å². The van der Waals surface area contributed by atoms with Crippen LogP contribution >= 0.6 is 34.9 Å². The normalized spacial score (nSPS) is 22.5. The maximum atomic E-state index is 13.0. The molecule has 2 aliphatic rings. The number of anilines is 3. The Morgan fingerprint density at radius 2 is 2.21 bits per heavy atom. The van der Waals surface area contributed by atoms with Crippen molar-refractivity contribution in [2.45, 2.75) is 23.5 Å². The molecule has 15 nitrogen and oxygen atoms in total. The predicted molar refractivity (Wildman–Crippen MR) is 145 cm³/mol. The molecule has 0 bridgehead atoms. The summed E-state index contributed by atoms with van der Waals surface area (Å²) in [7, 11) is 1.69. The van der Waals surface area contributed by atoms with Crippen molar-refractivity contribution >= 4 is 81.4 Å². The van der Waals surface area contributed by atoms with E-state index in [1.165, 1.54) is 28.4 Å². The SMILES string of the molecule is CCON=C(C(=O)NC1C(=O)N2CC(CSc3nc(N)c(NC=O)c[n+]3C)(C(=O)O)CS[C@H]12)c1csc(N)n1. The number of hydrogen-bond acceptors (Lipinski definition) is 13. The van der Waals surface area contributed by atoms with Crippen LogP contribution in [0.3, 0.4) is 0 Å². The van der Waals surface area contributed by atoms with Crippen LogP contribution in [0, 0.1) is 5.41 Å². The third kappa shape index (κ3) is 5.71. The number of oxime groups is 1. The molecule has 0 saturated carbocycles. The summed E-state index contributed by atoms with van der Waals surface area (Å²) in [5.74, 6) is -1.70. The van der Waals surface area contributed by atoms with Crippen LogP contribution in [0.2, 0.25) is 0 Å². The van der Waals surface area contributed by atoms with Gasteiger partial charge in [0.05, 0.1) is 7.05 Å². The fourth-order valence-electron chi connectivity index (χ4n) is 3.91. The zero-order chi connectivity index (χ0) is 28.3. The average molecular weight is 597 g/mol. The number of nitrogen functional groups attached to an aromatic ring is 2. The number of fused-ring (bicyclic) bond motifs is 1. The van der Waals surface area contributed by atoms with Crippen molar-refractivity contribution in [2.24, 2.45) is 17.6 Å². The molecule has 39 heavy (non-hydrogen) atoms. The summed E-state index contributed by atoms with van der Waals surface area (Å²) in [6, 6.07) is -0.859. The van der Waals surface area contributed by atoms with Crippen molar-refractivity contribution in [1.29, 1.82) is 0 Å². The van der Waals surface area contributed by atoms with Gasteiger partial charge in [-0.25, -0.2) is 9.55 Å². The summed E-state index contributed by atoms with van der Waals surface area (Å²) < 4.78 is 1.62. The molecule has 7 N–H and O–H groups in total. The molecule has 2 aromatic rings. The average Bonchev–Trinajstić information content (AvgIpc) is 3.34. The summed E-state index contributed by atoms with van der Waals surface area (Å²) in [5.41, 5.74) is 10.8. The molecule has 4 heterocycles. The second-order valence-corrected chi connectivity index (χ2v) is 11.6. The van der Waals surface area contributed by atoms with Gasteiger partial charge in [0.15, 0.2) is 10.8 Å². The molecule has 2 unspecified atom stereocenters. The molecule has 2 fully saturated rings. The van der Waals surface area contributed by atoms with E-state index in [1.54, 1.807) is 30.1 Å². The van der Waals surface area contributed by atoms with Crippen LogP contribution in [-0.4, -0.2) is 86.0 Å². The number of β-lactam (4-membered cyclic amide) rings is 1. The summed E-state index contributed by atoms with van der Waals surface area (Å²) in [6.07, 6.45) is 2.06. The van der Waals surface area contributed by atoms with Gasteiger partial charge in [0.25, 0.3) is 11.7 Å². The molecule has 3 atom stereocenters. The number of thiazole rings is 1. The first-order valence-electron chi connectivity index (χ1n) is 11.5. The van der Waals surface area contributed by atoms with Crippen LogP contribution in [0.1, 0.15) is 12.6 Å². The number of aryl methyl sites for hydroxylation is 1. The Bertz CT molecular complexity index is 1340. The number of rotatable bonds is 11. The maximum Gasteiger partial charge on any atom is 0.361 e. The Morgan fingerprint density at radius 3 is 2.85 bits per heavy atom. The van der Waals surface area contributed by atoms with Crippen molar-refractivity contribution in [2.75, 3.05) is 41.4 Å². The zero-order valence-electron chi connectivity index (χ0n) is 20.8. The van der Waals surface area contributed by atoms with Gasteiger partial charge in [-0.05, 0) is 23.7 Å². The standard InChI is InChI=1S/C21H25N9O6S3/c1-3-36-28-12(11-5-37-19(23)25-11)15(32)26-13-16(33)30-6-21(18(34)35,7-38-17(13)30)8-39-20-27-14(22)10(24-9-31)4-29(20)2/h4-5,9,13,17,22H,3,6-8H2,1-2H3,(H5,23,24,25,26,31,32,34,35)/p+1/t13?,17-,21?/m1/s1. The predicted octanol–water partition coefficient (Wildman–Crippen LogP) is -0.901. The van der Waals surface area contributed by atoms with Crippen LogP contribution in [0.15, 0.2) is 21.9 Å². The van der Waals surface area contributed by atoms with Crippen molar-refractivity contribution in [3.05, 3.63) is 17.3 Å². The quantitative estimate of drug-likeness (QED) is 0.0405. The third-order valence-electron chi connectivity index (χ3n) is 5.96. The number of nitrogens with one attached hydrogen (secondary N) is 2. The van der Waals surface area contributed by atoms with Crippen LogP contribution in [0.4, 0.5) is 16.6 Å². The minimum atomic E-state index is -1.26. The number of nitrogens with two attached hydrogens (primary N) is 2. The number of nitrogens with zero attached hydrogens (tertiary/aromatic N) is 5. The van der Waals surface area contributed by atoms with E-state index in [4.69, 9.17) is 16.3 Å². The smallest absolute Gasteiger partial charge is 0.361 e. The lowest BCUT2D eigenvalue weighted by Gasteiger charge is -2.53. The molecule has 4 rings (SSSR count). The van der Waals surface area contributed by atoms with Crippen molar-refractivity contribution in [1.82, 2.24) is 20.2 Å². The lowest BCUT2D eigenvalue weighted by atomic mass is 9.89. The number of aliphatic carboxylic acids is 1. The topological polar surface area (TPSA) is 219 Å². The van der Waals surface area contributed by atoms with Crippen LogP contribution in [0.25, 0.3) is 0 Å². The highest BCUT2D eigenvalue weighted by Gasteiger charge is 2.57. The molecule has 18 heteroatoms. The number of aromatic nitrogens is 3. The first kappa shape index (κ1) is 28.4. The van der Waals surface area contributed by atoms with E-state index >= 15 is 0 Å². The summed E-state index contributed by atoms with van der Waals surface area (Å²) in [4.78, 5) is 64.0. The Kier molecular flexibility index (Phi) is 8.45. The van der Waals surface area contributed by atoms with Gasteiger partial charge in [0.1, 0.15) is 41.0 Å². The van der Waals surface area contributed by atoms with E-state index in [0.717, 1.165) is 11.3 Å². The molecular weight excluding hydrogens is 570 g/mol. The number of hydrogen-bond donors (Lipinski definition) is 5. The number of carbonyl (C=O) groups excluding carboxylic acids is 3. The lowest BCUT2D eigenvalue weighted by molar-refractivity contribution is -0.712. The molecule has 2 aromatic heterocycles. The van der Waals surface area contributed by atoms with Gasteiger partial charge in [-0.3, -0.25) is 19.2 Å². The maximum absolute atomic E-state index is 13.0. The highest BCUT2D eigenvalue weighted by molar-refractivity contribution is 8.00. The Morgan fingerprint density at radius 1 is 1.44 bits per heavy atom. The van der Waals surface area contributed by atoms with Crippen LogP contribution in [0.5, 0.6) is 0 Å². The van der Waals surface area contributed by atoms with E-state index in [2.05, 4.69) is 25.8 Å². The molecule has 0 spiro atoms. The van der Waals surface area contributed by atoms with Gasteiger partial charge in [-0.1, -0.05) is 5.16 Å². The van der Waals surface area contributed by atoms with Gasteiger partial charge in [-0.2, -0.15) is 0 Å². The third-order valence-corrected chi connectivity index (χ3v) is 9.55. The van der Waals surface area contributed by atoms with Gasteiger partial charge < -0.3 is 36.9 Å². The number of amides is 3. The number of carbonyl (C=O) groups is 4. The lowest BCUT2D eigenvalue weighted by Crippen LogP contribution is -2.74. The van der Waals surface area contributed by atoms with E-state index in [9.17, 15) is 24.3 Å². The van der Waals surface area contributed by atoms with Gasteiger partial charge in [0, 0.05) is 23.4 Å². The highest BCUT2D eigenvalue weighted by Crippen LogP contribution is 2.44. The summed E-state index contributed by atoms with van der Waals surface area (Å²) in [6.45, 7) is 1.89. The molecule has 0 aliphatic carbocycles. The minimum Gasteiger partial charge on any atom is -0.481 e. The second kappa shape index (κ2) is 11.6.